The average Bonchev–Trinajstić information content (AvgIpc) is 3.03. The number of carbonyl (C=O) groups excluding carboxylic acids is 1. The van der Waals surface area contributed by atoms with Crippen LogP contribution in [0.4, 0.5) is 18.9 Å². The van der Waals surface area contributed by atoms with Crippen LogP contribution in [0.2, 0.25) is 0 Å². The van der Waals surface area contributed by atoms with E-state index in [4.69, 9.17) is 0 Å². The zero-order chi connectivity index (χ0) is 20.0. The molecule has 2 aliphatic rings. The number of fused-ring (bicyclic) bond motifs is 1. The van der Waals surface area contributed by atoms with Gasteiger partial charge in [-0.1, -0.05) is 37.7 Å². The number of thioether (sulfide) groups is 1. The lowest BCUT2D eigenvalue weighted by molar-refractivity contribution is -0.137. The maximum atomic E-state index is 13.5. The number of amides is 1. The molecular formula is C17H19F3N2O3S2. The molecule has 0 saturated carbocycles. The van der Waals surface area contributed by atoms with Crippen molar-refractivity contribution in [3.63, 3.8) is 0 Å². The van der Waals surface area contributed by atoms with Gasteiger partial charge in [0.05, 0.1) is 28.8 Å². The average molecular weight is 420 g/mol. The molecule has 1 aromatic rings. The van der Waals surface area contributed by atoms with Gasteiger partial charge in [-0.3, -0.25) is 4.79 Å². The van der Waals surface area contributed by atoms with E-state index in [2.05, 4.69) is 4.99 Å². The van der Waals surface area contributed by atoms with Crippen LogP contribution in [0.5, 0.6) is 0 Å². The van der Waals surface area contributed by atoms with Crippen molar-refractivity contribution in [1.29, 1.82) is 0 Å². The molecule has 2 heterocycles. The maximum Gasteiger partial charge on any atom is 0.418 e. The standard InChI is InChI=1S/C17H19F3N2O3S2/c1-3-10(2)15(23)21-16-22(13-8-27(24,25)9-14(13)26-16)12-7-5-4-6-11(12)17(18,19)20/h4-7,10,13-14H,3,8-9H2,1-2H3/t10-,13+,14-/m0/s1. The van der Waals surface area contributed by atoms with Crippen LogP contribution in [0.3, 0.4) is 0 Å². The molecular weight excluding hydrogens is 401 g/mol. The summed E-state index contributed by atoms with van der Waals surface area (Å²) in [6.07, 6.45) is -4.05. The molecule has 0 aliphatic carbocycles. The van der Waals surface area contributed by atoms with Crippen molar-refractivity contribution in [2.45, 2.75) is 37.7 Å². The highest BCUT2D eigenvalue weighted by Gasteiger charge is 2.51. The summed E-state index contributed by atoms with van der Waals surface area (Å²) in [6.45, 7) is 3.52. The lowest BCUT2D eigenvalue weighted by Crippen LogP contribution is -2.39. The van der Waals surface area contributed by atoms with Crippen molar-refractivity contribution in [2.75, 3.05) is 16.4 Å². The van der Waals surface area contributed by atoms with E-state index in [-0.39, 0.29) is 28.3 Å². The second-order valence-electron chi connectivity index (χ2n) is 6.73. The minimum atomic E-state index is -4.61. The highest BCUT2D eigenvalue weighted by molar-refractivity contribution is 8.16. The van der Waals surface area contributed by atoms with Gasteiger partial charge in [0.2, 0.25) is 0 Å². The molecule has 0 unspecified atom stereocenters. The van der Waals surface area contributed by atoms with Crippen LogP contribution in [0.15, 0.2) is 29.3 Å². The van der Waals surface area contributed by atoms with Gasteiger partial charge in [0.1, 0.15) is 0 Å². The first-order chi connectivity index (χ1) is 12.5. The first-order valence-electron chi connectivity index (χ1n) is 8.48. The van der Waals surface area contributed by atoms with Crippen molar-refractivity contribution in [2.24, 2.45) is 10.9 Å². The van der Waals surface area contributed by atoms with Crippen molar-refractivity contribution < 1.29 is 26.4 Å². The summed E-state index contributed by atoms with van der Waals surface area (Å²) < 4.78 is 64.6. The molecule has 148 valence electrons. The highest BCUT2D eigenvalue weighted by atomic mass is 32.2. The van der Waals surface area contributed by atoms with Crippen LogP contribution >= 0.6 is 11.8 Å². The number of amidine groups is 1. The smallest absolute Gasteiger partial charge is 0.315 e. The van der Waals surface area contributed by atoms with E-state index in [0.29, 0.717) is 6.42 Å². The second kappa shape index (κ2) is 7.12. The lowest BCUT2D eigenvalue weighted by Gasteiger charge is -2.27. The SMILES string of the molecule is CC[C@H](C)C(=O)N=C1S[C@H]2CS(=O)(=O)C[C@H]2N1c1ccccc1C(F)(F)F. The number of alkyl halides is 3. The Morgan fingerprint density at radius 1 is 1.33 bits per heavy atom. The second-order valence-corrected chi connectivity index (χ2v) is 10.1. The summed E-state index contributed by atoms with van der Waals surface area (Å²) >= 11 is 1.07. The first-order valence-corrected chi connectivity index (χ1v) is 11.2. The van der Waals surface area contributed by atoms with Gasteiger partial charge in [-0.2, -0.15) is 18.2 Å². The predicted molar refractivity (Wildman–Crippen MR) is 99.6 cm³/mol. The molecule has 2 fully saturated rings. The molecule has 3 rings (SSSR count). The number of nitrogens with zero attached hydrogens (tertiary/aromatic N) is 2. The Labute approximate surface area is 159 Å². The third-order valence-corrected chi connectivity index (χ3v) is 7.99. The summed E-state index contributed by atoms with van der Waals surface area (Å²) in [6, 6.07) is 4.30. The number of hydrogen-bond donors (Lipinski definition) is 0. The number of para-hydroxylation sites is 1. The van der Waals surface area contributed by atoms with Gasteiger partial charge in [-0.25, -0.2) is 8.42 Å². The number of sulfone groups is 1. The molecule has 0 bridgehead atoms. The molecule has 1 aromatic carbocycles. The molecule has 27 heavy (non-hydrogen) atoms. The number of halogens is 3. The van der Waals surface area contributed by atoms with E-state index in [1.54, 1.807) is 6.92 Å². The Morgan fingerprint density at radius 2 is 2.00 bits per heavy atom. The Kier molecular flexibility index (Phi) is 5.33. The quantitative estimate of drug-likeness (QED) is 0.750. The fraction of sp³-hybridized carbons (Fsp3) is 0.529. The number of carbonyl (C=O) groups is 1. The number of benzene rings is 1. The molecule has 0 N–H and O–H groups in total. The van der Waals surface area contributed by atoms with Gasteiger partial charge in [0.15, 0.2) is 15.0 Å². The summed E-state index contributed by atoms with van der Waals surface area (Å²) in [7, 11) is -3.35. The van der Waals surface area contributed by atoms with E-state index in [0.717, 1.165) is 17.8 Å². The number of hydrogen-bond acceptors (Lipinski definition) is 4. The molecule has 3 atom stereocenters. The molecule has 0 radical (unpaired) electrons. The Hall–Kier alpha value is -1.55. The molecule has 1 amide bonds. The number of aliphatic imine (C=N–C) groups is 1. The minimum absolute atomic E-state index is 0.135. The zero-order valence-electron chi connectivity index (χ0n) is 14.7. The van der Waals surface area contributed by atoms with Gasteiger partial charge in [-0.05, 0) is 18.6 Å². The number of anilines is 1. The molecule has 10 heteroatoms. The zero-order valence-corrected chi connectivity index (χ0v) is 16.4. The predicted octanol–water partition coefficient (Wildman–Crippen LogP) is 3.35. The summed E-state index contributed by atoms with van der Waals surface area (Å²) in [4.78, 5) is 17.6. The van der Waals surface area contributed by atoms with Crippen molar-refractivity contribution >= 4 is 38.4 Å². The Morgan fingerprint density at radius 3 is 2.63 bits per heavy atom. The largest absolute Gasteiger partial charge is 0.418 e. The molecule has 0 spiro atoms. The molecule has 5 nitrogen and oxygen atoms in total. The van der Waals surface area contributed by atoms with E-state index in [1.807, 2.05) is 6.92 Å². The van der Waals surface area contributed by atoms with Crippen molar-refractivity contribution in [3.05, 3.63) is 29.8 Å². The maximum absolute atomic E-state index is 13.5. The fourth-order valence-electron chi connectivity index (χ4n) is 3.15. The normalized spacial score (nSPS) is 27.0. The fourth-order valence-corrected chi connectivity index (χ4v) is 7.06. The Bertz CT molecular complexity index is 884. The van der Waals surface area contributed by atoms with Crippen LogP contribution in [0.25, 0.3) is 0 Å². The van der Waals surface area contributed by atoms with Gasteiger partial charge >= 0.3 is 6.18 Å². The topological polar surface area (TPSA) is 66.8 Å². The van der Waals surface area contributed by atoms with Crippen LogP contribution < -0.4 is 4.90 Å². The first kappa shape index (κ1) is 20.2. The number of rotatable bonds is 3. The van der Waals surface area contributed by atoms with Crippen LogP contribution in [0, 0.1) is 5.92 Å². The van der Waals surface area contributed by atoms with E-state index in [9.17, 15) is 26.4 Å². The van der Waals surface area contributed by atoms with E-state index >= 15 is 0 Å². The molecule has 2 aliphatic heterocycles. The highest BCUT2D eigenvalue weighted by Crippen LogP contribution is 2.45. The minimum Gasteiger partial charge on any atom is -0.315 e. The van der Waals surface area contributed by atoms with Crippen LogP contribution in [0.1, 0.15) is 25.8 Å². The molecule has 0 aromatic heterocycles. The van der Waals surface area contributed by atoms with Crippen LogP contribution in [-0.4, -0.2) is 42.3 Å². The summed E-state index contributed by atoms with van der Waals surface area (Å²) in [5, 5.41) is -0.304. The lowest BCUT2D eigenvalue weighted by atomic mass is 10.1. The molecule has 2 saturated heterocycles. The third kappa shape index (κ3) is 4.01. The van der Waals surface area contributed by atoms with Gasteiger partial charge in [-0.15, -0.1) is 0 Å². The van der Waals surface area contributed by atoms with Gasteiger partial charge < -0.3 is 4.90 Å². The summed E-state index contributed by atoms with van der Waals surface area (Å²) in [5.74, 6) is -1.17. The third-order valence-electron chi connectivity index (χ3n) is 4.78. The summed E-state index contributed by atoms with van der Waals surface area (Å²) in [5.41, 5.74) is -1.04. The van der Waals surface area contributed by atoms with Crippen molar-refractivity contribution in [1.82, 2.24) is 0 Å². The van der Waals surface area contributed by atoms with E-state index in [1.165, 1.54) is 23.1 Å². The van der Waals surface area contributed by atoms with Crippen LogP contribution in [-0.2, 0) is 20.8 Å². The monoisotopic (exact) mass is 420 g/mol. The Balaban J connectivity index is 2.10. The van der Waals surface area contributed by atoms with Gasteiger partial charge in [0, 0.05) is 11.2 Å². The van der Waals surface area contributed by atoms with Crippen molar-refractivity contribution in [3.8, 4) is 0 Å². The van der Waals surface area contributed by atoms with E-state index < -0.39 is 38.8 Å². The van der Waals surface area contributed by atoms with Gasteiger partial charge in [0.25, 0.3) is 5.91 Å².